The summed E-state index contributed by atoms with van der Waals surface area (Å²) in [4.78, 5) is 15.5. The van der Waals surface area contributed by atoms with Crippen molar-refractivity contribution in [3.8, 4) is 0 Å². The molecule has 0 aliphatic heterocycles. The van der Waals surface area contributed by atoms with Crippen LogP contribution in [0.1, 0.15) is 5.56 Å². The third-order valence-electron chi connectivity index (χ3n) is 2.61. The summed E-state index contributed by atoms with van der Waals surface area (Å²) in [5, 5.41) is 13.8. The van der Waals surface area contributed by atoms with Crippen molar-refractivity contribution in [3.05, 3.63) is 58.4 Å². The molecule has 1 aromatic carbocycles. The molecule has 98 valence electrons. The second-order valence-electron chi connectivity index (χ2n) is 3.82. The molecule has 0 spiro atoms. The summed E-state index contributed by atoms with van der Waals surface area (Å²) in [6.07, 6.45) is 3.46. The van der Waals surface area contributed by atoms with Gasteiger partial charge in [0.25, 0.3) is 5.69 Å². The number of nitro benzene ring substituents is 1. The molecule has 0 saturated heterocycles. The van der Waals surface area contributed by atoms with Gasteiger partial charge in [0.1, 0.15) is 0 Å². The zero-order valence-corrected chi connectivity index (χ0v) is 11.2. The summed E-state index contributed by atoms with van der Waals surface area (Å²) in [7, 11) is 1.81. The third-order valence-corrected chi connectivity index (χ3v) is 3.67. The number of nitrogens with zero attached hydrogens (tertiary/aromatic N) is 2. The van der Waals surface area contributed by atoms with E-state index in [1.165, 1.54) is 6.07 Å². The lowest BCUT2D eigenvalue weighted by Crippen LogP contribution is -1.96. The van der Waals surface area contributed by atoms with Gasteiger partial charge in [0.2, 0.25) is 0 Å². The van der Waals surface area contributed by atoms with Crippen molar-refractivity contribution in [1.29, 1.82) is 0 Å². The highest BCUT2D eigenvalue weighted by atomic mass is 32.2. The van der Waals surface area contributed by atoms with Crippen LogP contribution in [-0.4, -0.2) is 17.0 Å². The van der Waals surface area contributed by atoms with Crippen molar-refractivity contribution >= 4 is 23.1 Å². The molecule has 19 heavy (non-hydrogen) atoms. The number of pyridine rings is 1. The van der Waals surface area contributed by atoms with E-state index in [2.05, 4.69) is 10.3 Å². The molecule has 1 heterocycles. The van der Waals surface area contributed by atoms with Crippen LogP contribution in [-0.2, 0) is 5.75 Å². The lowest BCUT2D eigenvalue weighted by atomic mass is 10.2. The van der Waals surface area contributed by atoms with Crippen LogP contribution >= 0.6 is 11.8 Å². The summed E-state index contributed by atoms with van der Waals surface area (Å²) in [5.41, 5.74) is 1.94. The first-order valence-electron chi connectivity index (χ1n) is 5.68. The number of rotatable bonds is 5. The Hall–Kier alpha value is -2.08. The number of benzene rings is 1. The Morgan fingerprint density at radius 2 is 2.05 bits per heavy atom. The van der Waals surface area contributed by atoms with Gasteiger partial charge in [-0.15, -0.1) is 11.8 Å². The van der Waals surface area contributed by atoms with Gasteiger partial charge in [-0.2, -0.15) is 0 Å². The summed E-state index contributed by atoms with van der Waals surface area (Å²) in [5.74, 6) is 0.669. The topological polar surface area (TPSA) is 68.1 Å². The first kappa shape index (κ1) is 13.4. The minimum Gasteiger partial charge on any atom is -0.388 e. The highest BCUT2D eigenvalue weighted by molar-refractivity contribution is 7.98. The van der Waals surface area contributed by atoms with Gasteiger partial charge in [-0.25, -0.2) is 0 Å². The van der Waals surface area contributed by atoms with Gasteiger partial charge in [-0.05, 0) is 23.8 Å². The molecule has 0 fully saturated rings. The monoisotopic (exact) mass is 275 g/mol. The highest BCUT2D eigenvalue weighted by Crippen LogP contribution is 2.29. The Kier molecular flexibility index (Phi) is 4.35. The van der Waals surface area contributed by atoms with Gasteiger partial charge >= 0.3 is 0 Å². The molecule has 0 aliphatic carbocycles. The first-order valence-corrected chi connectivity index (χ1v) is 6.67. The quantitative estimate of drug-likeness (QED) is 0.515. The zero-order valence-electron chi connectivity index (χ0n) is 10.4. The van der Waals surface area contributed by atoms with E-state index in [9.17, 15) is 10.1 Å². The molecule has 5 nitrogen and oxygen atoms in total. The summed E-state index contributed by atoms with van der Waals surface area (Å²) in [6.45, 7) is 0. The molecule has 0 saturated carbocycles. The standard InChI is InChI=1S/C13H13N3O2S/c1-14-13-3-2-11(16(17)18)8-10(13)9-19-12-4-6-15-7-5-12/h2-8,14H,9H2,1H3. The van der Waals surface area contributed by atoms with Gasteiger partial charge in [0.15, 0.2) is 0 Å². The number of thioether (sulfide) groups is 1. The molecule has 2 aromatic rings. The second-order valence-corrected chi connectivity index (χ2v) is 4.87. The van der Waals surface area contributed by atoms with Gasteiger partial charge in [-0.3, -0.25) is 15.1 Å². The maximum absolute atomic E-state index is 10.8. The van der Waals surface area contributed by atoms with E-state index in [4.69, 9.17) is 0 Å². The molecule has 6 heteroatoms. The van der Waals surface area contributed by atoms with Crippen molar-refractivity contribution in [2.24, 2.45) is 0 Å². The molecule has 0 unspecified atom stereocenters. The lowest BCUT2D eigenvalue weighted by Gasteiger charge is -2.08. The number of non-ortho nitro benzene ring substituents is 1. The van der Waals surface area contributed by atoms with Crippen molar-refractivity contribution in [2.75, 3.05) is 12.4 Å². The maximum atomic E-state index is 10.8. The maximum Gasteiger partial charge on any atom is 0.269 e. The minimum atomic E-state index is -0.375. The fraction of sp³-hybridized carbons (Fsp3) is 0.154. The Labute approximate surface area is 115 Å². The molecule has 2 rings (SSSR count). The Morgan fingerprint density at radius 3 is 2.68 bits per heavy atom. The van der Waals surface area contributed by atoms with Gasteiger partial charge in [-0.1, -0.05) is 0 Å². The van der Waals surface area contributed by atoms with E-state index in [0.29, 0.717) is 5.75 Å². The van der Waals surface area contributed by atoms with E-state index < -0.39 is 0 Å². The molecule has 1 N–H and O–H groups in total. The molecule has 0 amide bonds. The van der Waals surface area contributed by atoms with E-state index in [1.807, 2.05) is 19.2 Å². The summed E-state index contributed by atoms with van der Waals surface area (Å²) < 4.78 is 0. The van der Waals surface area contributed by atoms with Crippen molar-refractivity contribution < 1.29 is 4.92 Å². The average molecular weight is 275 g/mol. The number of hydrogen-bond donors (Lipinski definition) is 1. The van der Waals surface area contributed by atoms with E-state index in [-0.39, 0.29) is 10.6 Å². The van der Waals surface area contributed by atoms with Crippen LogP contribution in [0.3, 0.4) is 0 Å². The second kappa shape index (κ2) is 6.19. The van der Waals surface area contributed by atoms with E-state index in [1.54, 1.807) is 36.3 Å². The van der Waals surface area contributed by atoms with Crippen molar-refractivity contribution in [1.82, 2.24) is 4.98 Å². The SMILES string of the molecule is CNc1ccc([N+](=O)[O-])cc1CSc1ccncc1. The normalized spacial score (nSPS) is 10.2. The molecule has 0 aliphatic rings. The largest absolute Gasteiger partial charge is 0.388 e. The molecule has 0 bridgehead atoms. The fourth-order valence-electron chi connectivity index (χ4n) is 1.65. The smallest absolute Gasteiger partial charge is 0.269 e. The van der Waals surface area contributed by atoms with Crippen LogP contribution in [0.4, 0.5) is 11.4 Å². The van der Waals surface area contributed by atoms with Crippen LogP contribution in [0.25, 0.3) is 0 Å². The van der Waals surface area contributed by atoms with Gasteiger partial charge < -0.3 is 5.32 Å². The van der Waals surface area contributed by atoms with Crippen LogP contribution in [0, 0.1) is 10.1 Å². The predicted molar refractivity (Wildman–Crippen MR) is 76.4 cm³/mol. The molecule has 0 atom stereocenters. The van der Waals surface area contributed by atoms with Crippen LogP contribution < -0.4 is 5.32 Å². The molecular formula is C13H13N3O2S. The van der Waals surface area contributed by atoms with Crippen molar-refractivity contribution in [2.45, 2.75) is 10.6 Å². The van der Waals surface area contributed by atoms with Crippen molar-refractivity contribution in [3.63, 3.8) is 0 Å². The lowest BCUT2D eigenvalue weighted by molar-refractivity contribution is -0.384. The Balaban J connectivity index is 2.18. The molecule has 0 radical (unpaired) electrons. The summed E-state index contributed by atoms with van der Waals surface area (Å²) in [6, 6.07) is 8.69. The first-order chi connectivity index (χ1) is 9.20. The predicted octanol–water partition coefficient (Wildman–Crippen LogP) is 3.32. The Morgan fingerprint density at radius 1 is 1.32 bits per heavy atom. The number of hydrogen-bond acceptors (Lipinski definition) is 5. The minimum absolute atomic E-state index is 0.115. The number of nitro groups is 1. The van der Waals surface area contributed by atoms with E-state index >= 15 is 0 Å². The van der Waals surface area contributed by atoms with Crippen LogP contribution in [0.2, 0.25) is 0 Å². The van der Waals surface area contributed by atoms with E-state index in [0.717, 1.165) is 16.1 Å². The summed E-state index contributed by atoms with van der Waals surface area (Å²) >= 11 is 1.62. The number of anilines is 1. The zero-order chi connectivity index (χ0) is 13.7. The molecular weight excluding hydrogens is 262 g/mol. The average Bonchev–Trinajstić information content (AvgIpc) is 2.45. The Bertz CT molecular complexity index is 575. The highest BCUT2D eigenvalue weighted by Gasteiger charge is 2.10. The van der Waals surface area contributed by atoms with Crippen LogP contribution in [0.5, 0.6) is 0 Å². The van der Waals surface area contributed by atoms with Crippen LogP contribution in [0.15, 0.2) is 47.6 Å². The fourth-order valence-corrected chi connectivity index (χ4v) is 2.53. The number of aromatic nitrogens is 1. The number of nitrogens with one attached hydrogen (secondary N) is 1. The third kappa shape index (κ3) is 3.45. The molecule has 1 aromatic heterocycles. The van der Waals surface area contributed by atoms with Gasteiger partial charge in [0.05, 0.1) is 4.92 Å². The van der Waals surface area contributed by atoms with Gasteiger partial charge in [0, 0.05) is 47.9 Å².